The third-order valence-electron chi connectivity index (χ3n) is 2.00. The Hall–Kier alpha value is -2.40. The van der Waals surface area contributed by atoms with Crippen LogP contribution in [0.4, 0.5) is 5.69 Å². The average molecular weight is 250 g/mol. The SMILES string of the molecule is N#CCNC(=O)Cn1ncc(NCCN)cc1=O. The zero-order valence-corrected chi connectivity index (χ0v) is 9.72. The molecule has 1 aromatic rings. The Bertz CT molecular complexity index is 504. The quantitative estimate of drug-likeness (QED) is 0.514. The summed E-state index contributed by atoms with van der Waals surface area (Å²) in [6, 6.07) is 3.10. The van der Waals surface area contributed by atoms with Crippen LogP contribution in [0.5, 0.6) is 0 Å². The number of rotatable bonds is 6. The third kappa shape index (κ3) is 4.23. The number of hydrogen-bond donors (Lipinski definition) is 3. The van der Waals surface area contributed by atoms with E-state index in [9.17, 15) is 9.59 Å². The van der Waals surface area contributed by atoms with Gasteiger partial charge in [-0.25, -0.2) is 4.68 Å². The van der Waals surface area contributed by atoms with Crippen molar-refractivity contribution in [1.82, 2.24) is 15.1 Å². The van der Waals surface area contributed by atoms with Gasteiger partial charge in [0.05, 0.1) is 18.0 Å². The lowest BCUT2D eigenvalue weighted by atomic mass is 10.4. The second kappa shape index (κ2) is 7.03. The van der Waals surface area contributed by atoms with E-state index in [0.717, 1.165) is 4.68 Å². The molecule has 1 heterocycles. The van der Waals surface area contributed by atoms with Gasteiger partial charge in [0.15, 0.2) is 0 Å². The molecule has 0 aliphatic heterocycles. The Labute approximate surface area is 103 Å². The van der Waals surface area contributed by atoms with Crippen molar-refractivity contribution >= 4 is 11.6 Å². The molecule has 1 rings (SSSR count). The van der Waals surface area contributed by atoms with Crippen LogP contribution >= 0.6 is 0 Å². The summed E-state index contributed by atoms with van der Waals surface area (Å²) in [6.07, 6.45) is 1.44. The summed E-state index contributed by atoms with van der Waals surface area (Å²) in [5, 5.41) is 17.4. The molecule has 8 heteroatoms. The Morgan fingerprint density at radius 2 is 2.39 bits per heavy atom. The molecule has 0 saturated carbocycles. The van der Waals surface area contributed by atoms with Gasteiger partial charge in [0.2, 0.25) is 5.91 Å². The van der Waals surface area contributed by atoms with Gasteiger partial charge in [0, 0.05) is 19.2 Å². The molecule has 0 bridgehead atoms. The Balaban J connectivity index is 2.65. The van der Waals surface area contributed by atoms with Crippen molar-refractivity contribution in [2.24, 2.45) is 5.73 Å². The summed E-state index contributed by atoms with van der Waals surface area (Å²) in [5.41, 5.74) is 5.47. The first-order chi connectivity index (χ1) is 8.67. The van der Waals surface area contributed by atoms with Crippen molar-refractivity contribution in [3.63, 3.8) is 0 Å². The van der Waals surface area contributed by atoms with Gasteiger partial charge in [-0.05, 0) is 0 Å². The van der Waals surface area contributed by atoms with Gasteiger partial charge in [-0.3, -0.25) is 9.59 Å². The molecule has 0 radical (unpaired) electrons. The molecule has 0 spiro atoms. The van der Waals surface area contributed by atoms with E-state index in [0.29, 0.717) is 18.8 Å². The molecule has 1 amide bonds. The number of carbonyl (C=O) groups is 1. The average Bonchev–Trinajstić information content (AvgIpc) is 2.36. The molecule has 0 unspecified atom stereocenters. The standard InChI is InChI=1S/C10H14N6O2/c11-1-3-13-8-5-10(18)16(15-6-8)7-9(17)14-4-2-12/h5-6,13H,1,3-4,7,11H2,(H,14,17). The van der Waals surface area contributed by atoms with Crippen molar-refractivity contribution in [3.05, 3.63) is 22.6 Å². The molecule has 0 aliphatic carbocycles. The Morgan fingerprint density at radius 1 is 1.61 bits per heavy atom. The minimum absolute atomic E-state index is 0.0935. The van der Waals surface area contributed by atoms with Crippen LogP contribution in [0.2, 0.25) is 0 Å². The lowest BCUT2D eigenvalue weighted by Gasteiger charge is -2.06. The monoisotopic (exact) mass is 250 g/mol. The van der Waals surface area contributed by atoms with Gasteiger partial charge in [0.1, 0.15) is 13.1 Å². The van der Waals surface area contributed by atoms with Gasteiger partial charge in [0.25, 0.3) is 5.56 Å². The predicted molar refractivity (Wildman–Crippen MR) is 64.7 cm³/mol. The van der Waals surface area contributed by atoms with Gasteiger partial charge < -0.3 is 16.4 Å². The van der Waals surface area contributed by atoms with E-state index in [-0.39, 0.29) is 13.1 Å². The highest BCUT2D eigenvalue weighted by Gasteiger charge is 2.05. The summed E-state index contributed by atoms with van der Waals surface area (Å²) in [7, 11) is 0. The molecular weight excluding hydrogens is 236 g/mol. The van der Waals surface area contributed by atoms with Crippen LogP contribution in [0.1, 0.15) is 0 Å². The lowest BCUT2D eigenvalue weighted by Crippen LogP contribution is -2.33. The van der Waals surface area contributed by atoms with Crippen LogP contribution < -0.4 is 21.9 Å². The van der Waals surface area contributed by atoms with Crippen LogP contribution in [0, 0.1) is 11.3 Å². The normalized spacial score (nSPS) is 9.56. The topological polar surface area (TPSA) is 126 Å². The summed E-state index contributed by atoms with van der Waals surface area (Å²) < 4.78 is 1.01. The predicted octanol–water partition coefficient (Wildman–Crippen LogP) is -1.75. The van der Waals surface area contributed by atoms with Crippen molar-refractivity contribution < 1.29 is 4.79 Å². The van der Waals surface area contributed by atoms with E-state index in [1.807, 2.05) is 0 Å². The number of carbonyl (C=O) groups excluding carboxylic acids is 1. The van der Waals surface area contributed by atoms with E-state index >= 15 is 0 Å². The molecule has 0 aromatic carbocycles. The fraction of sp³-hybridized carbons (Fsp3) is 0.400. The fourth-order valence-corrected chi connectivity index (χ4v) is 1.20. The van der Waals surface area contributed by atoms with E-state index in [2.05, 4.69) is 15.7 Å². The smallest absolute Gasteiger partial charge is 0.269 e. The van der Waals surface area contributed by atoms with Gasteiger partial charge in [-0.15, -0.1) is 0 Å². The van der Waals surface area contributed by atoms with E-state index < -0.39 is 11.5 Å². The highest BCUT2D eigenvalue weighted by Crippen LogP contribution is 1.97. The molecule has 8 nitrogen and oxygen atoms in total. The third-order valence-corrected chi connectivity index (χ3v) is 2.00. The summed E-state index contributed by atoms with van der Waals surface area (Å²) in [6.45, 7) is 0.675. The first-order valence-corrected chi connectivity index (χ1v) is 5.32. The number of nitrogens with zero attached hydrogens (tertiary/aromatic N) is 3. The van der Waals surface area contributed by atoms with Crippen molar-refractivity contribution in [1.29, 1.82) is 5.26 Å². The van der Waals surface area contributed by atoms with Crippen LogP contribution in [0.25, 0.3) is 0 Å². The molecule has 0 saturated heterocycles. The number of nitrogens with one attached hydrogen (secondary N) is 2. The van der Waals surface area contributed by atoms with Gasteiger partial charge in [-0.1, -0.05) is 0 Å². The second-order valence-corrected chi connectivity index (χ2v) is 3.39. The number of anilines is 1. The highest BCUT2D eigenvalue weighted by molar-refractivity contribution is 5.75. The molecule has 4 N–H and O–H groups in total. The van der Waals surface area contributed by atoms with E-state index in [4.69, 9.17) is 11.0 Å². The number of hydrogen-bond acceptors (Lipinski definition) is 6. The van der Waals surface area contributed by atoms with E-state index in [1.165, 1.54) is 12.3 Å². The van der Waals surface area contributed by atoms with E-state index in [1.54, 1.807) is 6.07 Å². The maximum absolute atomic E-state index is 11.6. The molecule has 1 aromatic heterocycles. The first-order valence-electron chi connectivity index (χ1n) is 5.32. The fourth-order valence-electron chi connectivity index (χ4n) is 1.20. The number of nitrogens with two attached hydrogens (primary N) is 1. The highest BCUT2D eigenvalue weighted by atomic mass is 16.2. The number of aromatic nitrogens is 2. The number of amides is 1. The summed E-state index contributed by atoms with van der Waals surface area (Å²) in [4.78, 5) is 22.9. The lowest BCUT2D eigenvalue weighted by molar-refractivity contribution is -0.121. The van der Waals surface area contributed by atoms with Crippen molar-refractivity contribution in [2.75, 3.05) is 25.0 Å². The maximum atomic E-state index is 11.6. The summed E-state index contributed by atoms with van der Waals surface area (Å²) >= 11 is 0. The van der Waals surface area contributed by atoms with Crippen LogP contribution in [-0.2, 0) is 11.3 Å². The minimum atomic E-state index is -0.436. The van der Waals surface area contributed by atoms with Crippen molar-refractivity contribution in [3.8, 4) is 6.07 Å². The Kier molecular flexibility index (Phi) is 5.34. The molecule has 0 aliphatic rings. The largest absolute Gasteiger partial charge is 0.382 e. The van der Waals surface area contributed by atoms with Crippen LogP contribution in [-0.4, -0.2) is 35.3 Å². The van der Waals surface area contributed by atoms with Crippen LogP contribution in [0.15, 0.2) is 17.1 Å². The van der Waals surface area contributed by atoms with Gasteiger partial charge >= 0.3 is 0 Å². The first kappa shape index (κ1) is 13.7. The summed E-state index contributed by atoms with van der Waals surface area (Å²) in [5.74, 6) is -0.436. The zero-order valence-electron chi connectivity index (χ0n) is 9.72. The van der Waals surface area contributed by atoms with Gasteiger partial charge in [-0.2, -0.15) is 10.4 Å². The Morgan fingerprint density at radius 3 is 3.00 bits per heavy atom. The molecule has 0 atom stereocenters. The molecule has 18 heavy (non-hydrogen) atoms. The molecular formula is C10H14N6O2. The molecule has 0 fully saturated rings. The second-order valence-electron chi connectivity index (χ2n) is 3.39. The zero-order chi connectivity index (χ0) is 13.4. The number of nitriles is 1. The van der Waals surface area contributed by atoms with Crippen LogP contribution in [0.3, 0.4) is 0 Å². The minimum Gasteiger partial charge on any atom is -0.382 e. The maximum Gasteiger partial charge on any atom is 0.269 e. The van der Waals surface area contributed by atoms with Crippen molar-refractivity contribution in [2.45, 2.75) is 6.54 Å². The molecule has 96 valence electrons.